The minimum Gasteiger partial charge on any atom is -0.455 e. The molecule has 0 amide bonds. The first kappa shape index (κ1) is 18.8. The van der Waals surface area contributed by atoms with E-state index in [1.807, 2.05) is 84.9 Å². The topological polar surface area (TPSA) is 13.1 Å². The maximum absolute atomic E-state index is 9.45. The highest BCUT2D eigenvalue weighted by molar-refractivity contribution is 6.22. The summed E-state index contributed by atoms with van der Waals surface area (Å²) in [7, 11) is 0. The molecule has 0 aliphatic rings. The fourth-order valence-corrected chi connectivity index (χ4v) is 6.43. The van der Waals surface area contributed by atoms with E-state index in [9.17, 15) is 5.48 Å². The van der Waals surface area contributed by atoms with Gasteiger partial charge in [-0.1, -0.05) is 127 Å². The third-order valence-corrected chi connectivity index (χ3v) is 8.28. The Labute approximate surface area is 242 Å². The molecule has 0 atom stereocenters. The van der Waals surface area contributed by atoms with Crippen molar-refractivity contribution in [1.29, 1.82) is 0 Å². The summed E-state index contributed by atoms with van der Waals surface area (Å²) in [4.78, 5) is 0. The summed E-state index contributed by atoms with van der Waals surface area (Å²) in [6, 6.07) is 39.9. The summed E-state index contributed by atoms with van der Waals surface area (Å²) >= 11 is 0. The quantitative estimate of drug-likeness (QED) is 0.162. The lowest BCUT2D eigenvalue weighted by molar-refractivity contribution is 0.673. The van der Waals surface area contributed by atoms with Crippen molar-refractivity contribution in [2.24, 2.45) is 0 Å². The number of hydrogen-bond acceptors (Lipinski definition) is 1. The predicted molar refractivity (Wildman–Crippen MR) is 175 cm³/mol. The van der Waals surface area contributed by atoms with Crippen LogP contribution in [0.2, 0.25) is 0 Å². The first-order valence-electron chi connectivity index (χ1n) is 15.8. The molecule has 0 bridgehead atoms. The van der Waals surface area contributed by atoms with Crippen molar-refractivity contribution >= 4 is 65.0 Å². The summed E-state index contributed by atoms with van der Waals surface area (Å²) in [5, 5.41) is 9.58. The van der Waals surface area contributed by atoms with Gasteiger partial charge in [0.2, 0.25) is 0 Å². The molecule has 0 N–H and O–H groups in total. The molecule has 0 aliphatic carbocycles. The van der Waals surface area contributed by atoms with Gasteiger partial charge in [-0.15, -0.1) is 0 Å². The van der Waals surface area contributed by atoms with Gasteiger partial charge in [0.15, 0.2) is 0 Å². The van der Waals surface area contributed by atoms with E-state index in [0.717, 1.165) is 65.0 Å². The Hall–Kier alpha value is -5.40. The zero-order valence-corrected chi connectivity index (χ0v) is 22.0. The van der Waals surface area contributed by atoms with Crippen molar-refractivity contribution in [3.05, 3.63) is 145 Å². The van der Waals surface area contributed by atoms with Gasteiger partial charge in [0.25, 0.3) is 0 Å². The van der Waals surface area contributed by atoms with Crippen LogP contribution in [-0.4, -0.2) is 0 Å². The summed E-state index contributed by atoms with van der Waals surface area (Å²) in [6.07, 6.45) is 0. The van der Waals surface area contributed by atoms with Crippen molar-refractivity contribution in [3.8, 4) is 22.3 Å². The van der Waals surface area contributed by atoms with Gasteiger partial charge in [-0.3, -0.25) is 0 Å². The Balaban J connectivity index is 1.40. The molecule has 0 fully saturated rings. The van der Waals surface area contributed by atoms with Crippen LogP contribution in [-0.2, 0) is 0 Å². The second-order valence-corrected chi connectivity index (χ2v) is 10.6. The summed E-state index contributed by atoms with van der Waals surface area (Å²) < 4.78 is 44.0. The van der Waals surface area contributed by atoms with Gasteiger partial charge in [0, 0.05) is 16.2 Å². The molecule has 0 saturated heterocycles. The highest BCUT2D eigenvalue weighted by atomic mass is 16.3. The van der Waals surface area contributed by atoms with Crippen LogP contribution in [0.1, 0.15) is 5.48 Å². The normalized spacial score (nSPS) is 13.3. The predicted octanol–water partition coefficient (Wildman–Crippen LogP) is 11.5. The van der Waals surface area contributed by atoms with E-state index >= 15 is 0 Å². The molecular weight excluding hydrogens is 496 g/mol. The molecule has 0 radical (unpaired) electrons. The van der Waals surface area contributed by atoms with Gasteiger partial charge in [0.1, 0.15) is 11.2 Å². The first-order valence-corrected chi connectivity index (χ1v) is 13.8. The smallest absolute Gasteiger partial charge is 0.143 e. The summed E-state index contributed by atoms with van der Waals surface area (Å²) in [6.45, 7) is 0. The van der Waals surface area contributed by atoms with Crippen LogP contribution < -0.4 is 0 Å². The Bertz CT molecular complexity index is 2680. The SMILES string of the molecule is [2H]c1c([2H])c(-c2cccc3oc4c5ccccc5ccc4c23)c([2H])c([2H])c1-c1c2ccccc2cc2ccc3ccccc3c12. The fourth-order valence-electron chi connectivity index (χ4n) is 6.43. The van der Waals surface area contributed by atoms with Crippen LogP contribution in [0.25, 0.3) is 87.3 Å². The van der Waals surface area contributed by atoms with Gasteiger partial charge >= 0.3 is 0 Å². The van der Waals surface area contributed by atoms with Crippen LogP contribution in [0.15, 0.2) is 150 Å². The van der Waals surface area contributed by atoms with Gasteiger partial charge < -0.3 is 4.42 Å². The highest BCUT2D eigenvalue weighted by Gasteiger charge is 2.16. The average molecular weight is 525 g/mol. The second-order valence-electron chi connectivity index (χ2n) is 10.6. The molecule has 1 nitrogen and oxygen atoms in total. The van der Waals surface area contributed by atoms with E-state index in [-0.39, 0.29) is 29.7 Å². The van der Waals surface area contributed by atoms with E-state index in [0.29, 0.717) is 16.7 Å². The average Bonchev–Trinajstić information content (AvgIpc) is 3.47. The Kier molecular flexibility index (Phi) is 3.92. The van der Waals surface area contributed by atoms with Crippen molar-refractivity contribution < 1.29 is 9.90 Å². The van der Waals surface area contributed by atoms with E-state index in [1.54, 1.807) is 0 Å². The van der Waals surface area contributed by atoms with Crippen molar-refractivity contribution in [3.63, 3.8) is 0 Å². The van der Waals surface area contributed by atoms with Crippen molar-refractivity contribution in [2.45, 2.75) is 0 Å². The van der Waals surface area contributed by atoms with Crippen LogP contribution in [0.4, 0.5) is 0 Å². The molecule has 1 aromatic heterocycles. The molecule has 8 aromatic carbocycles. The summed E-state index contributed by atoms with van der Waals surface area (Å²) in [5.41, 5.74) is 3.31. The highest BCUT2D eigenvalue weighted by Crippen LogP contribution is 2.42. The lowest BCUT2D eigenvalue weighted by Crippen LogP contribution is -1.88. The van der Waals surface area contributed by atoms with Crippen molar-refractivity contribution in [1.82, 2.24) is 0 Å². The largest absolute Gasteiger partial charge is 0.455 e. The number of furan rings is 1. The Morgan fingerprint density at radius 1 is 0.439 bits per heavy atom. The number of hydrogen-bond donors (Lipinski definition) is 0. The van der Waals surface area contributed by atoms with Gasteiger partial charge in [-0.2, -0.15) is 0 Å². The van der Waals surface area contributed by atoms with E-state index in [4.69, 9.17) is 4.42 Å². The third-order valence-electron chi connectivity index (χ3n) is 8.28. The molecule has 1 heterocycles. The molecule has 0 aliphatic heterocycles. The standard InChI is InChI=1S/C40H24O/c1-4-11-31-25(8-1)18-21-30-24-29-10-3-5-12-33(29)37(38(30)31)28-19-16-27(17-20-28)32-14-7-15-36-39(32)35-23-22-26-9-2-6-13-34(26)40(35)41-36/h1-24H/i16D,17D,19D,20D. The number of rotatable bonds is 2. The molecule has 190 valence electrons. The van der Waals surface area contributed by atoms with E-state index in [2.05, 4.69) is 36.4 Å². The van der Waals surface area contributed by atoms with E-state index in [1.165, 1.54) is 0 Å². The van der Waals surface area contributed by atoms with Gasteiger partial charge in [0.05, 0.1) is 5.48 Å². The zero-order chi connectivity index (χ0) is 30.4. The molecular formula is C40H24O. The molecule has 9 aromatic rings. The lowest BCUT2D eigenvalue weighted by Gasteiger charge is -2.15. The number of fused-ring (bicyclic) bond motifs is 9. The minimum absolute atomic E-state index is 0.0631. The molecule has 0 unspecified atom stereocenters. The Morgan fingerprint density at radius 3 is 1.90 bits per heavy atom. The molecule has 41 heavy (non-hydrogen) atoms. The van der Waals surface area contributed by atoms with Gasteiger partial charge in [-0.05, 0) is 78.2 Å². The zero-order valence-electron chi connectivity index (χ0n) is 26.0. The van der Waals surface area contributed by atoms with E-state index < -0.39 is 0 Å². The maximum Gasteiger partial charge on any atom is 0.143 e. The Morgan fingerprint density at radius 2 is 1.07 bits per heavy atom. The summed E-state index contributed by atoms with van der Waals surface area (Å²) in [5.74, 6) is 0. The first-order chi connectivity index (χ1) is 22.0. The second kappa shape index (κ2) is 8.55. The van der Waals surface area contributed by atoms with Crippen LogP contribution in [0, 0.1) is 0 Å². The maximum atomic E-state index is 9.45. The monoisotopic (exact) mass is 524 g/mol. The van der Waals surface area contributed by atoms with Crippen LogP contribution in [0.3, 0.4) is 0 Å². The molecule has 0 spiro atoms. The van der Waals surface area contributed by atoms with Crippen LogP contribution in [0.5, 0.6) is 0 Å². The number of benzene rings is 8. The molecule has 9 rings (SSSR count). The van der Waals surface area contributed by atoms with Gasteiger partial charge in [-0.25, -0.2) is 0 Å². The third kappa shape index (κ3) is 3.30. The minimum atomic E-state index is -0.0741. The molecule has 0 saturated carbocycles. The lowest BCUT2D eigenvalue weighted by atomic mass is 9.88. The van der Waals surface area contributed by atoms with Crippen molar-refractivity contribution in [2.75, 3.05) is 0 Å². The molecule has 1 heteroatoms. The van der Waals surface area contributed by atoms with Crippen LogP contribution >= 0.6 is 0 Å². The fraction of sp³-hybridized carbons (Fsp3) is 0.